The van der Waals surface area contributed by atoms with Crippen LogP contribution in [0.5, 0.6) is 0 Å². The summed E-state index contributed by atoms with van der Waals surface area (Å²) in [6, 6.07) is 8.32. The molecule has 1 aliphatic rings. The Labute approximate surface area is 152 Å². The Hall–Kier alpha value is -1.59. The number of piperidine rings is 1. The molecule has 1 saturated heterocycles. The third-order valence-corrected chi connectivity index (χ3v) is 4.79. The lowest BCUT2D eigenvalue weighted by molar-refractivity contribution is 0.190. The van der Waals surface area contributed by atoms with Gasteiger partial charge in [-0.3, -0.25) is 0 Å². The van der Waals surface area contributed by atoms with Gasteiger partial charge in [0.25, 0.3) is 0 Å². The fourth-order valence-corrected chi connectivity index (χ4v) is 3.16. The molecule has 1 fully saturated rings. The zero-order chi connectivity index (χ0) is 18.1. The van der Waals surface area contributed by atoms with Crippen molar-refractivity contribution in [3.05, 3.63) is 35.4 Å². The first-order valence-corrected chi connectivity index (χ1v) is 9.49. The van der Waals surface area contributed by atoms with E-state index in [-0.39, 0.29) is 6.03 Å². The molecule has 25 heavy (non-hydrogen) atoms. The van der Waals surface area contributed by atoms with Crippen molar-refractivity contribution in [2.45, 2.75) is 39.3 Å². The highest BCUT2D eigenvalue weighted by atomic mass is 16.2. The number of rotatable bonds is 8. The van der Waals surface area contributed by atoms with Crippen molar-refractivity contribution >= 4 is 6.03 Å². The van der Waals surface area contributed by atoms with Gasteiger partial charge in [-0.15, -0.1) is 0 Å². The molecule has 5 heteroatoms. The monoisotopic (exact) mass is 346 g/mol. The second kappa shape index (κ2) is 10.4. The molecule has 0 aliphatic carbocycles. The van der Waals surface area contributed by atoms with Crippen LogP contribution in [0, 0.1) is 5.92 Å². The zero-order valence-electron chi connectivity index (χ0n) is 16.1. The number of hydrogen-bond acceptors (Lipinski definition) is 3. The average molecular weight is 347 g/mol. The van der Waals surface area contributed by atoms with E-state index in [1.54, 1.807) is 0 Å². The number of benzene rings is 1. The highest BCUT2D eigenvalue weighted by Gasteiger charge is 2.14. The van der Waals surface area contributed by atoms with Gasteiger partial charge in [-0.1, -0.05) is 31.2 Å². The van der Waals surface area contributed by atoms with Crippen molar-refractivity contribution in [3.63, 3.8) is 0 Å². The second-order valence-electron chi connectivity index (χ2n) is 7.54. The molecule has 0 radical (unpaired) electrons. The van der Waals surface area contributed by atoms with Gasteiger partial charge < -0.3 is 20.4 Å². The SMILES string of the molecule is CC1CCN(CCCNC(=O)NCc2ccc(CN(C)C)cc2)CC1. The standard InChI is InChI=1S/C20H34N4O/c1-17-9-13-24(14-10-17)12-4-11-21-20(25)22-15-18-5-7-19(8-6-18)16-23(2)3/h5-8,17H,4,9-16H2,1-3H3,(H2,21,22,25). The van der Waals surface area contributed by atoms with E-state index < -0.39 is 0 Å². The van der Waals surface area contributed by atoms with E-state index >= 15 is 0 Å². The molecule has 0 atom stereocenters. The number of nitrogens with zero attached hydrogens (tertiary/aromatic N) is 2. The van der Waals surface area contributed by atoms with Crippen molar-refractivity contribution in [1.82, 2.24) is 20.4 Å². The summed E-state index contributed by atoms with van der Waals surface area (Å²) in [6.45, 7) is 8.07. The minimum atomic E-state index is -0.0790. The summed E-state index contributed by atoms with van der Waals surface area (Å²) in [7, 11) is 4.12. The van der Waals surface area contributed by atoms with Crippen molar-refractivity contribution in [2.24, 2.45) is 5.92 Å². The summed E-state index contributed by atoms with van der Waals surface area (Å²) in [5, 5.41) is 5.88. The lowest BCUT2D eigenvalue weighted by atomic mass is 9.99. The topological polar surface area (TPSA) is 47.6 Å². The molecule has 2 N–H and O–H groups in total. The van der Waals surface area contributed by atoms with Crippen molar-refractivity contribution in [1.29, 1.82) is 0 Å². The van der Waals surface area contributed by atoms with Gasteiger partial charge >= 0.3 is 6.03 Å². The van der Waals surface area contributed by atoms with Gasteiger partial charge in [-0.25, -0.2) is 4.79 Å². The van der Waals surface area contributed by atoms with Crippen LogP contribution in [0.1, 0.15) is 37.3 Å². The van der Waals surface area contributed by atoms with Gasteiger partial charge in [0.2, 0.25) is 0 Å². The molecule has 2 amide bonds. The number of likely N-dealkylation sites (tertiary alicyclic amines) is 1. The number of hydrogen-bond donors (Lipinski definition) is 2. The number of nitrogens with one attached hydrogen (secondary N) is 2. The molecular formula is C20H34N4O. The van der Waals surface area contributed by atoms with Gasteiger partial charge in [-0.05, 0) is 70.0 Å². The molecule has 2 rings (SSSR count). The predicted molar refractivity (Wildman–Crippen MR) is 104 cm³/mol. The van der Waals surface area contributed by atoms with Crippen LogP contribution in [0.2, 0.25) is 0 Å². The lowest BCUT2D eigenvalue weighted by Crippen LogP contribution is -2.38. The van der Waals surface area contributed by atoms with E-state index in [4.69, 9.17) is 0 Å². The Bertz CT molecular complexity index is 507. The van der Waals surface area contributed by atoms with Crippen LogP contribution in [0.25, 0.3) is 0 Å². The molecular weight excluding hydrogens is 312 g/mol. The lowest BCUT2D eigenvalue weighted by Gasteiger charge is -2.30. The Morgan fingerprint density at radius 2 is 1.76 bits per heavy atom. The molecule has 140 valence electrons. The molecule has 0 bridgehead atoms. The maximum absolute atomic E-state index is 11.9. The maximum atomic E-state index is 11.9. The Morgan fingerprint density at radius 1 is 1.12 bits per heavy atom. The maximum Gasteiger partial charge on any atom is 0.315 e. The van der Waals surface area contributed by atoms with Crippen molar-refractivity contribution < 1.29 is 4.79 Å². The van der Waals surface area contributed by atoms with Crippen LogP contribution in [-0.4, -0.2) is 56.1 Å². The van der Waals surface area contributed by atoms with E-state index in [1.807, 2.05) is 0 Å². The summed E-state index contributed by atoms with van der Waals surface area (Å²) in [6.07, 6.45) is 3.63. The Morgan fingerprint density at radius 3 is 2.40 bits per heavy atom. The highest BCUT2D eigenvalue weighted by molar-refractivity contribution is 5.73. The summed E-state index contributed by atoms with van der Waals surface area (Å²) >= 11 is 0. The van der Waals surface area contributed by atoms with E-state index in [1.165, 1.54) is 31.5 Å². The minimum absolute atomic E-state index is 0.0790. The molecule has 1 aliphatic heterocycles. The first kappa shape index (κ1) is 19.7. The Kier molecular flexibility index (Phi) is 8.22. The van der Waals surface area contributed by atoms with Crippen LogP contribution in [-0.2, 0) is 13.1 Å². The van der Waals surface area contributed by atoms with Gasteiger partial charge in [0.1, 0.15) is 0 Å². The predicted octanol–water partition coefficient (Wildman–Crippen LogP) is 2.67. The van der Waals surface area contributed by atoms with Crippen LogP contribution < -0.4 is 10.6 Å². The average Bonchev–Trinajstić information content (AvgIpc) is 2.59. The van der Waals surface area contributed by atoms with E-state index in [2.05, 4.69) is 65.7 Å². The van der Waals surface area contributed by atoms with E-state index in [0.717, 1.165) is 37.5 Å². The molecule has 0 spiro atoms. The summed E-state index contributed by atoms with van der Waals surface area (Å²) in [5.41, 5.74) is 2.41. The fraction of sp³-hybridized carbons (Fsp3) is 0.650. The molecule has 0 saturated carbocycles. The van der Waals surface area contributed by atoms with Gasteiger partial charge in [-0.2, -0.15) is 0 Å². The molecule has 0 unspecified atom stereocenters. The number of carbonyl (C=O) groups excluding carboxylic acids is 1. The second-order valence-corrected chi connectivity index (χ2v) is 7.54. The quantitative estimate of drug-likeness (QED) is 0.712. The molecule has 1 aromatic rings. The number of urea groups is 1. The molecule has 1 aromatic carbocycles. The summed E-state index contributed by atoms with van der Waals surface area (Å²) < 4.78 is 0. The van der Waals surface area contributed by atoms with Crippen LogP contribution >= 0.6 is 0 Å². The van der Waals surface area contributed by atoms with Gasteiger partial charge in [0.05, 0.1) is 0 Å². The van der Waals surface area contributed by atoms with Crippen LogP contribution in [0.15, 0.2) is 24.3 Å². The normalized spacial score (nSPS) is 16.2. The largest absolute Gasteiger partial charge is 0.338 e. The Balaban J connectivity index is 1.56. The molecule has 5 nitrogen and oxygen atoms in total. The molecule has 0 aromatic heterocycles. The third-order valence-electron chi connectivity index (χ3n) is 4.79. The highest BCUT2D eigenvalue weighted by Crippen LogP contribution is 2.15. The van der Waals surface area contributed by atoms with Crippen LogP contribution in [0.4, 0.5) is 4.79 Å². The summed E-state index contributed by atoms with van der Waals surface area (Å²) in [5.74, 6) is 0.872. The van der Waals surface area contributed by atoms with E-state index in [0.29, 0.717) is 6.54 Å². The first-order chi connectivity index (χ1) is 12.0. The van der Waals surface area contributed by atoms with Crippen molar-refractivity contribution in [3.8, 4) is 0 Å². The number of amides is 2. The smallest absolute Gasteiger partial charge is 0.315 e. The van der Waals surface area contributed by atoms with Crippen molar-refractivity contribution in [2.75, 3.05) is 40.3 Å². The van der Waals surface area contributed by atoms with E-state index in [9.17, 15) is 4.79 Å². The molecule has 1 heterocycles. The zero-order valence-corrected chi connectivity index (χ0v) is 16.1. The summed E-state index contributed by atoms with van der Waals surface area (Å²) in [4.78, 5) is 16.5. The van der Waals surface area contributed by atoms with Gasteiger partial charge in [0.15, 0.2) is 0 Å². The minimum Gasteiger partial charge on any atom is -0.338 e. The number of carbonyl (C=O) groups is 1. The first-order valence-electron chi connectivity index (χ1n) is 9.49. The fourth-order valence-electron chi connectivity index (χ4n) is 3.16. The third kappa shape index (κ3) is 7.88. The van der Waals surface area contributed by atoms with Crippen LogP contribution in [0.3, 0.4) is 0 Å². The van der Waals surface area contributed by atoms with Gasteiger partial charge in [0, 0.05) is 19.6 Å².